The normalized spacial score (nSPS) is 26.2. The van der Waals surface area contributed by atoms with Crippen LogP contribution in [0.25, 0.3) is 0 Å². The van der Waals surface area contributed by atoms with Crippen LogP contribution in [0.2, 0.25) is 0 Å². The number of ether oxygens (including phenoxy) is 1. The zero-order chi connectivity index (χ0) is 15.3. The van der Waals surface area contributed by atoms with Crippen LogP contribution in [0, 0.1) is 5.92 Å². The fourth-order valence-electron chi connectivity index (χ4n) is 2.87. The van der Waals surface area contributed by atoms with E-state index in [0.717, 1.165) is 16.9 Å². The largest absolute Gasteiger partial charge is 0.369 e. The lowest BCUT2D eigenvalue weighted by atomic mass is 9.79. The second kappa shape index (κ2) is 7.75. The van der Waals surface area contributed by atoms with Crippen molar-refractivity contribution in [1.29, 1.82) is 0 Å². The van der Waals surface area contributed by atoms with E-state index in [9.17, 15) is 0 Å². The number of hydrogen-bond acceptors (Lipinski definition) is 2. The fourth-order valence-corrected chi connectivity index (χ4v) is 3.13. The molecule has 0 aromatic heterocycles. The van der Waals surface area contributed by atoms with Gasteiger partial charge in [-0.3, -0.25) is 0 Å². The second-order valence-electron chi connectivity index (χ2n) is 6.82. The Morgan fingerprint density at radius 3 is 2.43 bits per heavy atom. The SMILES string of the molecule is CC1CCC(CNC(C)C)(OCc2ccc(Br)cc2)CC1. The van der Waals surface area contributed by atoms with Gasteiger partial charge in [-0.1, -0.05) is 48.8 Å². The standard InChI is InChI=1S/C18H28BrNO/c1-14(2)20-13-18(10-8-15(3)9-11-18)21-12-16-4-6-17(19)7-5-16/h4-7,14-15,20H,8-13H2,1-3H3. The molecule has 3 heteroatoms. The van der Waals surface area contributed by atoms with E-state index < -0.39 is 0 Å². The number of halogens is 1. The third kappa shape index (κ3) is 5.39. The minimum atomic E-state index is 0.0177. The second-order valence-corrected chi connectivity index (χ2v) is 7.73. The molecule has 1 aliphatic carbocycles. The quantitative estimate of drug-likeness (QED) is 0.784. The summed E-state index contributed by atoms with van der Waals surface area (Å²) in [5, 5.41) is 3.58. The zero-order valence-electron chi connectivity index (χ0n) is 13.5. The van der Waals surface area contributed by atoms with Gasteiger partial charge in [0.2, 0.25) is 0 Å². The van der Waals surface area contributed by atoms with Crippen LogP contribution in [0.3, 0.4) is 0 Å². The molecule has 1 aromatic carbocycles. The molecule has 0 saturated heterocycles. The third-order valence-corrected chi connectivity index (χ3v) is 5.00. The number of rotatable bonds is 6. The molecule has 0 aliphatic heterocycles. The molecule has 0 heterocycles. The number of nitrogens with one attached hydrogen (secondary N) is 1. The predicted molar refractivity (Wildman–Crippen MR) is 92.4 cm³/mol. The Balaban J connectivity index is 1.96. The van der Waals surface area contributed by atoms with Gasteiger partial charge in [0.05, 0.1) is 12.2 Å². The van der Waals surface area contributed by atoms with Gasteiger partial charge < -0.3 is 10.1 Å². The lowest BCUT2D eigenvalue weighted by Crippen LogP contribution is -2.47. The Bertz CT molecular complexity index is 421. The van der Waals surface area contributed by atoms with Gasteiger partial charge in [0.1, 0.15) is 0 Å². The molecule has 1 aliphatic rings. The van der Waals surface area contributed by atoms with Crippen molar-refractivity contribution in [1.82, 2.24) is 5.32 Å². The van der Waals surface area contributed by atoms with Crippen LogP contribution in [0.4, 0.5) is 0 Å². The molecule has 0 atom stereocenters. The van der Waals surface area contributed by atoms with Crippen molar-refractivity contribution in [3.8, 4) is 0 Å². The summed E-state index contributed by atoms with van der Waals surface area (Å²) >= 11 is 3.48. The average Bonchev–Trinajstić information content (AvgIpc) is 2.47. The van der Waals surface area contributed by atoms with E-state index in [1.165, 1.54) is 31.2 Å². The van der Waals surface area contributed by atoms with Gasteiger partial charge in [0, 0.05) is 17.1 Å². The molecule has 21 heavy (non-hydrogen) atoms. The molecule has 1 aromatic rings. The molecule has 118 valence electrons. The van der Waals surface area contributed by atoms with Crippen LogP contribution in [0.1, 0.15) is 52.0 Å². The molecule has 0 unspecified atom stereocenters. The van der Waals surface area contributed by atoms with Crippen molar-refractivity contribution in [2.75, 3.05) is 6.54 Å². The van der Waals surface area contributed by atoms with Crippen LogP contribution in [-0.4, -0.2) is 18.2 Å². The molecular weight excluding hydrogens is 326 g/mol. The minimum absolute atomic E-state index is 0.0177. The van der Waals surface area contributed by atoms with E-state index in [-0.39, 0.29) is 5.60 Å². The zero-order valence-corrected chi connectivity index (χ0v) is 15.1. The Hall–Kier alpha value is -0.380. The summed E-state index contributed by atoms with van der Waals surface area (Å²) in [6.07, 6.45) is 4.90. The molecule has 2 rings (SSSR count). The molecule has 0 radical (unpaired) electrons. The number of hydrogen-bond donors (Lipinski definition) is 1. The van der Waals surface area contributed by atoms with Crippen molar-refractivity contribution in [3.05, 3.63) is 34.3 Å². The van der Waals surface area contributed by atoms with Crippen LogP contribution >= 0.6 is 15.9 Å². The Labute approximate surface area is 137 Å². The highest BCUT2D eigenvalue weighted by molar-refractivity contribution is 9.10. The summed E-state index contributed by atoms with van der Waals surface area (Å²) in [5.41, 5.74) is 1.27. The van der Waals surface area contributed by atoms with E-state index in [1.54, 1.807) is 0 Å². The summed E-state index contributed by atoms with van der Waals surface area (Å²) in [5.74, 6) is 0.841. The van der Waals surface area contributed by atoms with Gasteiger partial charge in [-0.25, -0.2) is 0 Å². The smallest absolute Gasteiger partial charge is 0.0811 e. The van der Waals surface area contributed by atoms with Crippen LogP contribution in [0.15, 0.2) is 28.7 Å². The van der Waals surface area contributed by atoms with Gasteiger partial charge >= 0.3 is 0 Å². The molecule has 1 N–H and O–H groups in total. The highest BCUT2D eigenvalue weighted by Gasteiger charge is 2.35. The molecular formula is C18H28BrNO. The van der Waals surface area contributed by atoms with E-state index in [1.807, 2.05) is 0 Å². The first-order valence-electron chi connectivity index (χ1n) is 8.11. The molecule has 0 bridgehead atoms. The minimum Gasteiger partial charge on any atom is -0.369 e. The highest BCUT2D eigenvalue weighted by atomic mass is 79.9. The maximum atomic E-state index is 6.42. The highest BCUT2D eigenvalue weighted by Crippen LogP contribution is 2.35. The first kappa shape index (κ1) is 17.0. The Kier molecular flexibility index (Phi) is 6.27. The predicted octanol–water partition coefficient (Wildman–Crippen LogP) is 4.91. The monoisotopic (exact) mass is 353 g/mol. The molecule has 0 amide bonds. The first-order valence-corrected chi connectivity index (χ1v) is 8.90. The van der Waals surface area contributed by atoms with Gasteiger partial charge in [-0.15, -0.1) is 0 Å². The van der Waals surface area contributed by atoms with Gasteiger partial charge in [-0.05, 0) is 49.3 Å². The van der Waals surface area contributed by atoms with Crippen molar-refractivity contribution >= 4 is 15.9 Å². The van der Waals surface area contributed by atoms with Crippen molar-refractivity contribution < 1.29 is 4.74 Å². The summed E-state index contributed by atoms with van der Waals surface area (Å²) in [4.78, 5) is 0. The van der Waals surface area contributed by atoms with Gasteiger partial charge in [0.15, 0.2) is 0 Å². The lowest BCUT2D eigenvalue weighted by molar-refractivity contribution is -0.0858. The van der Waals surface area contributed by atoms with Crippen LogP contribution in [-0.2, 0) is 11.3 Å². The third-order valence-electron chi connectivity index (χ3n) is 4.48. The van der Waals surface area contributed by atoms with Crippen LogP contribution in [0.5, 0.6) is 0 Å². The molecule has 1 saturated carbocycles. The van der Waals surface area contributed by atoms with Gasteiger partial charge in [0.25, 0.3) is 0 Å². The molecule has 0 spiro atoms. The molecule has 2 nitrogen and oxygen atoms in total. The average molecular weight is 354 g/mol. The van der Waals surface area contributed by atoms with E-state index in [2.05, 4.69) is 66.3 Å². The Morgan fingerprint density at radius 1 is 1.24 bits per heavy atom. The van der Waals surface area contributed by atoms with E-state index in [0.29, 0.717) is 12.6 Å². The summed E-state index contributed by atoms with van der Waals surface area (Å²) in [6.45, 7) is 8.44. The van der Waals surface area contributed by atoms with Gasteiger partial charge in [-0.2, -0.15) is 0 Å². The fraction of sp³-hybridized carbons (Fsp3) is 0.667. The van der Waals surface area contributed by atoms with E-state index in [4.69, 9.17) is 4.74 Å². The first-order chi connectivity index (χ1) is 9.99. The van der Waals surface area contributed by atoms with Crippen molar-refractivity contribution in [2.45, 2.75) is 64.7 Å². The summed E-state index contributed by atoms with van der Waals surface area (Å²) < 4.78 is 7.54. The topological polar surface area (TPSA) is 21.3 Å². The van der Waals surface area contributed by atoms with Crippen molar-refractivity contribution in [3.63, 3.8) is 0 Å². The molecule has 1 fully saturated rings. The number of benzene rings is 1. The van der Waals surface area contributed by atoms with Crippen molar-refractivity contribution in [2.24, 2.45) is 5.92 Å². The Morgan fingerprint density at radius 2 is 1.86 bits per heavy atom. The van der Waals surface area contributed by atoms with E-state index >= 15 is 0 Å². The maximum Gasteiger partial charge on any atom is 0.0811 e. The van der Waals surface area contributed by atoms with Crippen LogP contribution < -0.4 is 5.32 Å². The summed E-state index contributed by atoms with van der Waals surface area (Å²) in [7, 11) is 0. The maximum absolute atomic E-state index is 6.42. The lowest BCUT2D eigenvalue weighted by Gasteiger charge is -2.40. The summed E-state index contributed by atoms with van der Waals surface area (Å²) in [6, 6.07) is 8.96.